The predicted octanol–water partition coefficient (Wildman–Crippen LogP) is 1.34. The first-order valence-electron chi connectivity index (χ1n) is 8.99. The molecule has 0 saturated heterocycles. The van der Waals surface area contributed by atoms with E-state index in [1.54, 1.807) is 0 Å². The van der Waals surface area contributed by atoms with E-state index in [-0.39, 0.29) is 5.56 Å². The summed E-state index contributed by atoms with van der Waals surface area (Å²) in [5.41, 5.74) is -1.69. The standard InChI is InChI=1S/C13H13NO3/c1-17-12-5-3-11(4-6-12)14-8-10(9-15)2-7-13(14)16/h2-8,15H,9H2,1H3/i1D3,3D,4D,5D,6D,9D2. The molecule has 0 aliphatic rings. The van der Waals surface area contributed by atoms with Gasteiger partial charge in [0.15, 0.2) is 0 Å². The second-order valence-electron chi connectivity index (χ2n) is 3.02. The molecule has 4 heteroatoms. The molecule has 0 atom stereocenters. The average molecular weight is 240 g/mol. The number of pyridine rings is 1. The van der Waals surface area contributed by atoms with E-state index in [4.69, 9.17) is 12.3 Å². The van der Waals surface area contributed by atoms with Crippen LogP contribution in [-0.4, -0.2) is 16.7 Å². The Balaban J connectivity index is 2.79. The topological polar surface area (TPSA) is 51.5 Å². The molecular weight excluding hydrogens is 218 g/mol. The number of hydrogen-bond acceptors (Lipinski definition) is 3. The van der Waals surface area contributed by atoms with Crippen LogP contribution < -0.4 is 10.3 Å². The van der Waals surface area contributed by atoms with Crippen LogP contribution in [0.4, 0.5) is 0 Å². The molecule has 0 aliphatic carbocycles. The van der Waals surface area contributed by atoms with Crippen LogP contribution in [0.15, 0.2) is 47.3 Å². The maximum atomic E-state index is 12.1. The van der Waals surface area contributed by atoms with Gasteiger partial charge in [-0.2, -0.15) is 0 Å². The number of methoxy groups -OCH3 is 1. The highest BCUT2D eigenvalue weighted by molar-refractivity contribution is 5.38. The molecule has 0 bridgehead atoms. The molecule has 0 radical (unpaired) electrons. The molecule has 0 spiro atoms. The van der Waals surface area contributed by atoms with Crippen LogP contribution in [-0.2, 0) is 6.56 Å². The Kier molecular flexibility index (Phi) is 1.33. The minimum absolute atomic E-state index is 0.350. The zero-order chi connectivity index (χ0) is 20.0. The first-order valence-corrected chi connectivity index (χ1v) is 4.49. The third kappa shape index (κ3) is 2.37. The van der Waals surface area contributed by atoms with Gasteiger partial charge in [-0.05, 0) is 35.8 Å². The SMILES string of the molecule is [2H]c1c([2H])c(-n2cc(C([2H])([2H])O)ccc2=O)c([2H])c([2H])c1OC([2H])([2H])[2H]. The summed E-state index contributed by atoms with van der Waals surface area (Å²) in [5, 5.41) is 9.44. The molecule has 1 N–H and O–H groups in total. The Labute approximate surface area is 111 Å². The van der Waals surface area contributed by atoms with Crippen molar-refractivity contribution in [1.82, 2.24) is 4.57 Å². The zero-order valence-corrected chi connectivity index (χ0v) is 8.44. The Morgan fingerprint density at radius 2 is 2.24 bits per heavy atom. The van der Waals surface area contributed by atoms with Crippen molar-refractivity contribution < 1.29 is 22.2 Å². The second kappa shape index (κ2) is 4.84. The van der Waals surface area contributed by atoms with E-state index in [0.717, 1.165) is 18.3 Å². The summed E-state index contributed by atoms with van der Waals surface area (Å²) in [5.74, 6) is -0.801. The van der Waals surface area contributed by atoms with Gasteiger partial charge in [0, 0.05) is 18.0 Å². The third-order valence-electron chi connectivity index (χ3n) is 1.97. The normalized spacial score (nSPS) is 19.5. The van der Waals surface area contributed by atoms with Gasteiger partial charge in [-0.1, -0.05) is 0 Å². The van der Waals surface area contributed by atoms with Gasteiger partial charge in [-0.25, -0.2) is 0 Å². The average Bonchev–Trinajstić information content (AvgIpc) is 2.49. The Morgan fingerprint density at radius 3 is 2.88 bits per heavy atom. The van der Waals surface area contributed by atoms with Crippen LogP contribution in [0, 0.1) is 0 Å². The minimum atomic E-state index is -3.00. The smallest absolute Gasteiger partial charge is 0.255 e. The summed E-state index contributed by atoms with van der Waals surface area (Å²) in [6.45, 7) is -2.81. The summed E-state index contributed by atoms with van der Waals surface area (Å²) in [4.78, 5) is 12.1. The Hall–Kier alpha value is -2.07. The highest BCUT2D eigenvalue weighted by atomic mass is 16.5. The zero-order valence-electron chi connectivity index (χ0n) is 17.4. The quantitative estimate of drug-likeness (QED) is 0.880. The second-order valence-corrected chi connectivity index (χ2v) is 3.02. The predicted molar refractivity (Wildman–Crippen MR) is 64.5 cm³/mol. The molecule has 4 nitrogen and oxygen atoms in total. The van der Waals surface area contributed by atoms with Gasteiger partial charge in [0.2, 0.25) is 0 Å². The van der Waals surface area contributed by atoms with E-state index in [9.17, 15) is 9.90 Å². The molecule has 0 fully saturated rings. The number of aliphatic hydroxyl groups is 1. The molecule has 0 aliphatic heterocycles. The van der Waals surface area contributed by atoms with Gasteiger partial charge in [0.05, 0.1) is 25.9 Å². The molecule has 88 valence electrons. The third-order valence-corrected chi connectivity index (χ3v) is 1.97. The highest BCUT2D eigenvalue weighted by Crippen LogP contribution is 2.13. The van der Waals surface area contributed by atoms with Crippen LogP contribution in [0.2, 0.25) is 0 Å². The van der Waals surface area contributed by atoms with Crippen LogP contribution in [0.25, 0.3) is 5.69 Å². The Morgan fingerprint density at radius 1 is 1.47 bits per heavy atom. The minimum Gasteiger partial charge on any atom is -0.497 e. The van der Waals surface area contributed by atoms with E-state index in [1.807, 2.05) is 0 Å². The Bertz CT molecular complexity index is 886. The van der Waals surface area contributed by atoms with Crippen molar-refractivity contribution >= 4 is 0 Å². The molecule has 1 aromatic heterocycles. The molecule has 1 aromatic carbocycles. The number of hydrogen-bond donors (Lipinski definition) is 1. The van der Waals surface area contributed by atoms with Gasteiger partial charge in [-0.15, -0.1) is 0 Å². The molecule has 0 amide bonds. The lowest BCUT2D eigenvalue weighted by molar-refractivity contribution is 0.281. The van der Waals surface area contributed by atoms with Crippen molar-refractivity contribution in [2.75, 3.05) is 7.04 Å². The van der Waals surface area contributed by atoms with Crippen molar-refractivity contribution in [3.05, 3.63) is 58.4 Å². The van der Waals surface area contributed by atoms with Crippen LogP contribution in [0.3, 0.4) is 0 Å². The summed E-state index contributed by atoms with van der Waals surface area (Å²) in [6.07, 6.45) is 0.844. The van der Waals surface area contributed by atoms with E-state index >= 15 is 0 Å². The first kappa shape index (κ1) is 4.66. The number of ether oxygens (including phenoxy) is 1. The number of rotatable bonds is 3. The maximum Gasteiger partial charge on any atom is 0.255 e. The summed E-state index contributed by atoms with van der Waals surface area (Å²) in [7, 11) is -3.00. The highest BCUT2D eigenvalue weighted by Gasteiger charge is 2.01. The summed E-state index contributed by atoms with van der Waals surface area (Å²) >= 11 is 0. The van der Waals surface area contributed by atoms with Gasteiger partial charge in [0.1, 0.15) is 5.75 Å². The molecule has 0 saturated carbocycles. The van der Waals surface area contributed by atoms with E-state index in [0.29, 0.717) is 4.57 Å². The van der Waals surface area contributed by atoms with Gasteiger partial charge >= 0.3 is 0 Å². The molecule has 1 heterocycles. The van der Waals surface area contributed by atoms with E-state index in [1.165, 1.54) is 0 Å². The van der Waals surface area contributed by atoms with E-state index < -0.39 is 54.8 Å². The van der Waals surface area contributed by atoms with Crippen LogP contribution in [0.1, 0.15) is 17.9 Å². The van der Waals surface area contributed by atoms with Crippen molar-refractivity contribution in [3.8, 4) is 11.4 Å². The lowest BCUT2D eigenvalue weighted by Gasteiger charge is -2.07. The maximum absolute atomic E-state index is 12.1. The fraction of sp³-hybridized carbons (Fsp3) is 0.154. The van der Waals surface area contributed by atoms with Crippen molar-refractivity contribution in [3.63, 3.8) is 0 Å². The summed E-state index contributed by atoms with van der Waals surface area (Å²) < 4.78 is 72.5. The fourth-order valence-electron chi connectivity index (χ4n) is 1.19. The fourth-order valence-corrected chi connectivity index (χ4v) is 1.19. The van der Waals surface area contributed by atoms with Crippen molar-refractivity contribution in [2.24, 2.45) is 0 Å². The number of aromatic nitrogens is 1. The van der Waals surface area contributed by atoms with Gasteiger partial charge in [-0.3, -0.25) is 9.36 Å². The van der Waals surface area contributed by atoms with Gasteiger partial charge in [0.25, 0.3) is 5.56 Å². The first-order chi connectivity index (χ1) is 11.7. The molecular formula is C13H13NO3. The van der Waals surface area contributed by atoms with Crippen molar-refractivity contribution in [1.29, 1.82) is 0 Å². The number of benzene rings is 1. The summed E-state index contributed by atoms with van der Waals surface area (Å²) in [6, 6.07) is -1.25. The number of nitrogens with zero attached hydrogens (tertiary/aromatic N) is 1. The monoisotopic (exact) mass is 240 g/mol. The lowest BCUT2D eigenvalue weighted by Crippen LogP contribution is -2.17. The van der Waals surface area contributed by atoms with Crippen LogP contribution >= 0.6 is 0 Å². The molecule has 17 heavy (non-hydrogen) atoms. The van der Waals surface area contributed by atoms with E-state index in [2.05, 4.69) is 4.74 Å². The molecule has 2 aromatic rings. The van der Waals surface area contributed by atoms with Crippen LogP contribution in [0.5, 0.6) is 5.75 Å². The van der Waals surface area contributed by atoms with Crippen molar-refractivity contribution in [2.45, 2.75) is 6.56 Å². The largest absolute Gasteiger partial charge is 0.497 e. The van der Waals surface area contributed by atoms with Gasteiger partial charge < -0.3 is 9.84 Å². The molecule has 0 unspecified atom stereocenters. The lowest BCUT2D eigenvalue weighted by atomic mass is 10.2. The molecule has 2 rings (SSSR count).